The van der Waals surface area contributed by atoms with Crippen LogP contribution in [0.25, 0.3) is 22.0 Å². The lowest BCUT2D eigenvalue weighted by atomic mass is 10.1. The van der Waals surface area contributed by atoms with Crippen molar-refractivity contribution < 1.29 is 17.3 Å². The molecule has 0 fully saturated rings. The number of aromatic nitrogens is 1. The van der Waals surface area contributed by atoms with Crippen molar-refractivity contribution >= 4 is 10.9 Å². The number of likely N-dealkylation sites (N-methyl/N-ethyl adjacent to an activating group) is 2. The van der Waals surface area contributed by atoms with E-state index in [-0.39, 0.29) is 12.4 Å². The number of benzene rings is 2. The summed E-state index contributed by atoms with van der Waals surface area (Å²) in [5.41, 5.74) is 3.82. The molecule has 0 amide bonds. The first kappa shape index (κ1) is 17.4. The summed E-state index contributed by atoms with van der Waals surface area (Å²) in [5.74, 6) is 0. The summed E-state index contributed by atoms with van der Waals surface area (Å²) in [6.45, 7) is 2.14. The van der Waals surface area contributed by atoms with Gasteiger partial charge in [-0.15, -0.1) is 0 Å². The molecule has 0 saturated carbocycles. The number of para-hydroxylation sites is 1. The number of hydrogen-bond donors (Lipinski definition) is 1. The first-order valence-electron chi connectivity index (χ1n) is 7.83. The molecular formula is C19H24ClN3. The van der Waals surface area contributed by atoms with Gasteiger partial charge in [0.1, 0.15) is 0 Å². The molecule has 0 saturated heterocycles. The molecule has 1 aromatic heterocycles. The molecule has 0 bridgehead atoms. The summed E-state index contributed by atoms with van der Waals surface area (Å²) in [4.78, 5) is 1.46. The van der Waals surface area contributed by atoms with Crippen LogP contribution in [0, 0.1) is 0 Å². The summed E-state index contributed by atoms with van der Waals surface area (Å²) in [7, 11) is 6.54. The van der Waals surface area contributed by atoms with Gasteiger partial charge in [-0.2, -0.15) is 0 Å². The number of nitrogens with zero attached hydrogens (tertiary/aromatic N) is 2. The third kappa shape index (κ3) is 3.69. The summed E-state index contributed by atoms with van der Waals surface area (Å²) in [6.07, 6.45) is 2.25. The predicted molar refractivity (Wildman–Crippen MR) is 94.1 cm³/mol. The molecule has 0 spiro atoms. The molecule has 0 radical (unpaired) electrons. The summed E-state index contributed by atoms with van der Waals surface area (Å²) in [5, 5.41) is 3.60. The maximum absolute atomic E-state index is 2.29. The maximum Gasteiger partial charge on any atom is 0.0961 e. The number of halogens is 1. The van der Waals surface area contributed by atoms with Gasteiger partial charge >= 0.3 is 0 Å². The Hall–Kier alpha value is -1.97. The van der Waals surface area contributed by atoms with E-state index in [9.17, 15) is 0 Å². The summed E-state index contributed by atoms with van der Waals surface area (Å²) >= 11 is 0. The minimum atomic E-state index is 0. The number of fused-ring (bicyclic) bond motifs is 1. The second-order valence-corrected chi connectivity index (χ2v) is 6.11. The van der Waals surface area contributed by atoms with Crippen molar-refractivity contribution in [2.45, 2.75) is 0 Å². The normalized spacial score (nSPS) is 10.8. The molecule has 0 aliphatic heterocycles. The molecule has 0 unspecified atom stereocenters. The van der Waals surface area contributed by atoms with Gasteiger partial charge in [-0.1, -0.05) is 48.5 Å². The van der Waals surface area contributed by atoms with Crippen LogP contribution in [0.2, 0.25) is 0 Å². The Labute approximate surface area is 144 Å². The average Bonchev–Trinajstić information content (AvgIpc) is 2.93. The molecule has 23 heavy (non-hydrogen) atoms. The zero-order chi connectivity index (χ0) is 15.5. The highest BCUT2D eigenvalue weighted by Gasteiger charge is 2.12. The third-order valence-corrected chi connectivity index (χ3v) is 4.08. The lowest BCUT2D eigenvalue weighted by Gasteiger charge is -2.22. The Bertz CT molecular complexity index is 750. The van der Waals surface area contributed by atoms with Gasteiger partial charge in [-0.05, 0) is 11.6 Å². The van der Waals surface area contributed by atoms with Crippen LogP contribution in [0.5, 0.6) is 0 Å². The van der Waals surface area contributed by atoms with Crippen molar-refractivity contribution in [3.8, 4) is 11.1 Å². The lowest BCUT2D eigenvalue weighted by Crippen LogP contribution is -3.06. The van der Waals surface area contributed by atoms with Crippen LogP contribution in [0.1, 0.15) is 0 Å². The van der Waals surface area contributed by atoms with Crippen LogP contribution in [-0.2, 0) is 0 Å². The Balaban J connectivity index is 0.00000192. The van der Waals surface area contributed by atoms with Crippen molar-refractivity contribution in [2.24, 2.45) is 0 Å². The number of quaternary nitrogens is 1. The minimum absolute atomic E-state index is 0. The Morgan fingerprint density at radius 1 is 0.957 bits per heavy atom. The van der Waals surface area contributed by atoms with E-state index in [0.29, 0.717) is 0 Å². The highest BCUT2D eigenvalue weighted by molar-refractivity contribution is 5.96. The zero-order valence-electron chi connectivity index (χ0n) is 14.0. The van der Waals surface area contributed by atoms with Crippen LogP contribution >= 0.6 is 0 Å². The molecule has 3 aromatic rings. The molecule has 3 nitrogen and oxygen atoms in total. The summed E-state index contributed by atoms with van der Waals surface area (Å²) in [6, 6.07) is 19.2. The van der Waals surface area contributed by atoms with Gasteiger partial charge in [0, 0.05) is 24.2 Å². The first-order chi connectivity index (χ1) is 10.7. The largest absolute Gasteiger partial charge is 1.00 e. The fourth-order valence-electron chi connectivity index (χ4n) is 2.79. The second kappa shape index (κ2) is 7.53. The standard InChI is InChI=1S/C19H23N3.ClH/c1-20(2)13-14-21(3)22-15-18(16-9-5-4-6-10-16)17-11-7-8-12-19(17)22;/h4-12,15H,13-14H2,1-3H3;1H. The lowest BCUT2D eigenvalue weighted by molar-refractivity contribution is -0.856. The highest BCUT2D eigenvalue weighted by atomic mass is 35.5. The monoisotopic (exact) mass is 329 g/mol. The van der Waals surface area contributed by atoms with Crippen LogP contribution in [0.4, 0.5) is 0 Å². The average molecular weight is 330 g/mol. The molecule has 0 atom stereocenters. The topological polar surface area (TPSA) is 12.6 Å². The van der Waals surface area contributed by atoms with Gasteiger partial charge in [-0.3, -0.25) is 4.68 Å². The summed E-state index contributed by atoms with van der Waals surface area (Å²) < 4.78 is 2.28. The Morgan fingerprint density at radius 2 is 1.61 bits per heavy atom. The van der Waals surface area contributed by atoms with Crippen molar-refractivity contribution in [1.29, 1.82) is 0 Å². The third-order valence-electron chi connectivity index (χ3n) is 4.08. The van der Waals surface area contributed by atoms with E-state index < -0.39 is 0 Å². The smallest absolute Gasteiger partial charge is 0.0961 e. The number of nitrogens with one attached hydrogen (secondary N) is 1. The van der Waals surface area contributed by atoms with Crippen molar-refractivity contribution in [1.82, 2.24) is 4.68 Å². The molecule has 3 rings (SSSR count). The molecular weight excluding hydrogens is 306 g/mol. The van der Waals surface area contributed by atoms with E-state index >= 15 is 0 Å². The predicted octanol–water partition coefficient (Wildman–Crippen LogP) is -0.975. The van der Waals surface area contributed by atoms with Crippen molar-refractivity contribution in [3.05, 3.63) is 60.8 Å². The van der Waals surface area contributed by atoms with Gasteiger partial charge in [0.2, 0.25) is 0 Å². The van der Waals surface area contributed by atoms with Crippen molar-refractivity contribution in [3.63, 3.8) is 0 Å². The quantitative estimate of drug-likeness (QED) is 0.635. The molecule has 2 aromatic carbocycles. The fourth-order valence-corrected chi connectivity index (χ4v) is 2.79. The van der Waals surface area contributed by atoms with E-state index in [0.717, 1.165) is 13.1 Å². The minimum Gasteiger partial charge on any atom is -1.00 e. The van der Waals surface area contributed by atoms with E-state index in [1.54, 1.807) is 0 Å². The van der Waals surface area contributed by atoms with Gasteiger partial charge < -0.3 is 22.3 Å². The van der Waals surface area contributed by atoms with Gasteiger partial charge in [0.25, 0.3) is 0 Å². The highest BCUT2D eigenvalue weighted by Crippen LogP contribution is 2.30. The van der Waals surface area contributed by atoms with Crippen LogP contribution in [0.15, 0.2) is 60.8 Å². The van der Waals surface area contributed by atoms with Gasteiger partial charge in [-0.25, -0.2) is 0 Å². The Kier molecular flexibility index (Phi) is 5.69. The van der Waals surface area contributed by atoms with E-state index in [2.05, 4.69) is 91.6 Å². The number of hydrogen-bond acceptors (Lipinski definition) is 1. The zero-order valence-corrected chi connectivity index (χ0v) is 14.7. The molecule has 1 N–H and O–H groups in total. The molecule has 122 valence electrons. The van der Waals surface area contributed by atoms with Crippen LogP contribution in [0.3, 0.4) is 0 Å². The Morgan fingerprint density at radius 3 is 2.30 bits per heavy atom. The maximum atomic E-state index is 2.29. The van der Waals surface area contributed by atoms with E-state index in [1.165, 1.54) is 26.9 Å². The molecule has 0 aliphatic carbocycles. The van der Waals surface area contributed by atoms with Crippen molar-refractivity contribution in [2.75, 3.05) is 39.2 Å². The number of rotatable bonds is 5. The first-order valence-corrected chi connectivity index (χ1v) is 7.83. The van der Waals surface area contributed by atoms with E-state index in [4.69, 9.17) is 0 Å². The van der Waals surface area contributed by atoms with Crippen LogP contribution in [-0.4, -0.2) is 38.9 Å². The van der Waals surface area contributed by atoms with Gasteiger partial charge in [0.15, 0.2) is 0 Å². The second-order valence-electron chi connectivity index (χ2n) is 6.11. The molecule has 4 heteroatoms. The SMILES string of the molecule is CN(CC[NH+](C)C)n1cc(-c2ccccc2)c2ccccc21.[Cl-]. The molecule has 0 aliphatic rings. The van der Waals surface area contributed by atoms with Gasteiger partial charge in [0.05, 0.1) is 32.7 Å². The fraction of sp³-hybridized carbons (Fsp3) is 0.263. The van der Waals surface area contributed by atoms with Crippen LogP contribution < -0.4 is 22.3 Å². The molecule has 1 heterocycles. The van der Waals surface area contributed by atoms with E-state index in [1.807, 2.05) is 0 Å².